The fraction of sp³-hybridized carbons (Fsp3) is 0.600. The van der Waals surface area contributed by atoms with Crippen LogP contribution in [0.3, 0.4) is 0 Å². The summed E-state index contributed by atoms with van der Waals surface area (Å²) in [7, 11) is 0. The van der Waals surface area contributed by atoms with Gasteiger partial charge in [-0.05, 0) is 45.3 Å². The molecule has 2 rings (SSSR count). The molecule has 1 aromatic rings. The Morgan fingerprint density at radius 1 is 1.36 bits per heavy atom. The zero-order valence-electron chi connectivity index (χ0n) is 12.9. The Labute approximate surface area is 130 Å². The van der Waals surface area contributed by atoms with Crippen molar-refractivity contribution in [2.24, 2.45) is 5.73 Å². The summed E-state index contributed by atoms with van der Waals surface area (Å²) >= 11 is 0. The van der Waals surface area contributed by atoms with E-state index >= 15 is 0 Å². The molecular formula is C15H23N5O2. The van der Waals surface area contributed by atoms with Gasteiger partial charge in [-0.1, -0.05) is 0 Å². The minimum Gasteiger partial charge on any atom is -0.368 e. The topological polar surface area (TPSA) is 110 Å². The summed E-state index contributed by atoms with van der Waals surface area (Å²) in [6, 6.07) is 2.00. The van der Waals surface area contributed by atoms with Crippen LogP contribution in [0.2, 0.25) is 0 Å². The van der Waals surface area contributed by atoms with Crippen LogP contribution in [0.4, 0.5) is 0 Å². The standard InChI is InChI=1S/C15H23N5O2/c1-10-19-12(2-3-15(22)18-9-14(16)21)8-13(20-10)11-4-6-17-7-5-11/h8,11,17H,2-7,9H2,1H3,(H2,16,21)(H,18,22). The fourth-order valence-electron chi connectivity index (χ4n) is 2.63. The van der Waals surface area contributed by atoms with Crippen LogP contribution in [0.1, 0.15) is 42.4 Å². The summed E-state index contributed by atoms with van der Waals surface area (Å²) in [5, 5.41) is 5.82. The lowest BCUT2D eigenvalue weighted by atomic mass is 9.93. The van der Waals surface area contributed by atoms with Gasteiger partial charge in [-0.25, -0.2) is 9.97 Å². The first-order valence-corrected chi connectivity index (χ1v) is 7.65. The van der Waals surface area contributed by atoms with Crippen LogP contribution < -0.4 is 16.4 Å². The van der Waals surface area contributed by atoms with Crippen molar-refractivity contribution in [1.82, 2.24) is 20.6 Å². The number of carbonyl (C=O) groups excluding carboxylic acids is 2. The van der Waals surface area contributed by atoms with Crippen molar-refractivity contribution in [3.8, 4) is 0 Å². The van der Waals surface area contributed by atoms with Gasteiger partial charge >= 0.3 is 0 Å². The molecule has 22 heavy (non-hydrogen) atoms. The van der Waals surface area contributed by atoms with Crippen molar-refractivity contribution in [2.75, 3.05) is 19.6 Å². The van der Waals surface area contributed by atoms with Crippen molar-refractivity contribution in [3.63, 3.8) is 0 Å². The molecule has 0 atom stereocenters. The van der Waals surface area contributed by atoms with Gasteiger partial charge in [0.05, 0.1) is 6.54 Å². The number of nitrogens with two attached hydrogens (primary N) is 1. The molecule has 0 spiro atoms. The third-order valence-electron chi connectivity index (χ3n) is 3.74. The number of primary amides is 1. The highest BCUT2D eigenvalue weighted by Crippen LogP contribution is 2.24. The SMILES string of the molecule is Cc1nc(CCC(=O)NCC(N)=O)cc(C2CCNCC2)n1. The number of aromatic nitrogens is 2. The summed E-state index contributed by atoms with van der Waals surface area (Å²) in [5.41, 5.74) is 6.93. The Hall–Kier alpha value is -2.02. The molecule has 2 amide bonds. The zero-order chi connectivity index (χ0) is 15.9. The van der Waals surface area contributed by atoms with Crippen LogP contribution in [0, 0.1) is 6.92 Å². The van der Waals surface area contributed by atoms with Crippen LogP contribution in [-0.4, -0.2) is 41.4 Å². The molecule has 4 N–H and O–H groups in total. The maximum absolute atomic E-state index is 11.6. The number of aryl methyl sites for hydroxylation is 2. The number of piperidine rings is 1. The lowest BCUT2D eigenvalue weighted by Gasteiger charge is -2.22. The minimum atomic E-state index is -0.542. The second-order valence-electron chi connectivity index (χ2n) is 5.60. The number of amides is 2. The fourth-order valence-corrected chi connectivity index (χ4v) is 2.63. The van der Waals surface area contributed by atoms with Crippen LogP contribution in [0.15, 0.2) is 6.07 Å². The molecule has 0 radical (unpaired) electrons. The average Bonchev–Trinajstić information content (AvgIpc) is 2.51. The molecule has 1 fully saturated rings. The number of rotatable bonds is 6. The molecule has 1 aliphatic heterocycles. The first kappa shape index (κ1) is 16.4. The summed E-state index contributed by atoms with van der Waals surface area (Å²) in [4.78, 5) is 31.2. The summed E-state index contributed by atoms with van der Waals surface area (Å²) in [6.45, 7) is 3.78. The van der Waals surface area contributed by atoms with E-state index in [4.69, 9.17) is 5.73 Å². The predicted octanol–water partition coefficient (Wildman–Crippen LogP) is -0.214. The molecule has 120 valence electrons. The third-order valence-corrected chi connectivity index (χ3v) is 3.74. The number of nitrogens with one attached hydrogen (secondary N) is 2. The summed E-state index contributed by atoms with van der Waals surface area (Å²) in [5.74, 6) is 0.465. The summed E-state index contributed by atoms with van der Waals surface area (Å²) < 4.78 is 0. The molecule has 7 heteroatoms. The van der Waals surface area contributed by atoms with Gasteiger partial charge in [-0.2, -0.15) is 0 Å². The number of nitrogens with zero attached hydrogens (tertiary/aromatic N) is 2. The van der Waals surface area contributed by atoms with E-state index < -0.39 is 5.91 Å². The smallest absolute Gasteiger partial charge is 0.236 e. The molecule has 7 nitrogen and oxygen atoms in total. The Morgan fingerprint density at radius 2 is 2.09 bits per heavy atom. The molecule has 0 aromatic carbocycles. The van der Waals surface area contributed by atoms with Gasteiger partial charge in [-0.3, -0.25) is 9.59 Å². The zero-order valence-corrected chi connectivity index (χ0v) is 12.9. The minimum absolute atomic E-state index is 0.123. The first-order chi connectivity index (χ1) is 10.5. The Bertz CT molecular complexity index is 541. The quantitative estimate of drug-likeness (QED) is 0.673. The Kier molecular flexibility index (Phi) is 5.83. The number of hydrogen-bond donors (Lipinski definition) is 3. The molecule has 0 unspecified atom stereocenters. The van der Waals surface area contributed by atoms with Gasteiger partial charge in [0.15, 0.2) is 0 Å². The van der Waals surface area contributed by atoms with E-state index in [0.717, 1.165) is 43.1 Å². The summed E-state index contributed by atoms with van der Waals surface area (Å²) in [6.07, 6.45) is 2.98. The van der Waals surface area contributed by atoms with Crippen molar-refractivity contribution < 1.29 is 9.59 Å². The number of carbonyl (C=O) groups is 2. The van der Waals surface area contributed by atoms with Gasteiger partial charge in [0.2, 0.25) is 11.8 Å². The van der Waals surface area contributed by atoms with Crippen molar-refractivity contribution in [1.29, 1.82) is 0 Å². The van der Waals surface area contributed by atoms with E-state index in [1.165, 1.54) is 0 Å². The highest BCUT2D eigenvalue weighted by molar-refractivity contribution is 5.83. The van der Waals surface area contributed by atoms with E-state index in [0.29, 0.717) is 12.3 Å². The normalized spacial score (nSPS) is 15.5. The lowest BCUT2D eigenvalue weighted by Crippen LogP contribution is -2.33. The monoisotopic (exact) mass is 305 g/mol. The average molecular weight is 305 g/mol. The van der Waals surface area contributed by atoms with Gasteiger partial charge in [0.25, 0.3) is 0 Å². The van der Waals surface area contributed by atoms with Crippen molar-refractivity contribution in [3.05, 3.63) is 23.3 Å². The highest BCUT2D eigenvalue weighted by atomic mass is 16.2. The van der Waals surface area contributed by atoms with Crippen molar-refractivity contribution >= 4 is 11.8 Å². The van der Waals surface area contributed by atoms with Crippen LogP contribution in [0.25, 0.3) is 0 Å². The third kappa shape index (κ3) is 5.07. The van der Waals surface area contributed by atoms with E-state index in [1.807, 2.05) is 13.0 Å². The second-order valence-corrected chi connectivity index (χ2v) is 5.60. The van der Waals surface area contributed by atoms with E-state index in [-0.39, 0.29) is 18.9 Å². The molecule has 2 heterocycles. The molecular weight excluding hydrogens is 282 g/mol. The maximum atomic E-state index is 11.6. The lowest BCUT2D eigenvalue weighted by molar-refractivity contribution is -0.124. The molecule has 0 aliphatic carbocycles. The van der Waals surface area contributed by atoms with Gasteiger partial charge in [-0.15, -0.1) is 0 Å². The van der Waals surface area contributed by atoms with E-state index in [9.17, 15) is 9.59 Å². The largest absolute Gasteiger partial charge is 0.368 e. The van der Waals surface area contributed by atoms with Gasteiger partial charge < -0.3 is 16.4 Å². The molecule has 1 aliphatic rings. The highest BCUT2D eigenvalue weighted by Gasteiger charge is 2.18. The maximum Gasteiger partial charge on any atom is 0.236 e. The van der Waals surface area contributed by atoms with Crippen LogP contribution >= 0.6 is 0 Å². The van der Waals surface area contributed by atoms with E-state index in [2.05, 4.69) is 20.6 Å². The van der Waals surface area contributed by atoms with Gasteiger partial charge in [0, 0.05) is 23.7 Å². The number of hydrogen-bond acceptors (Lipinski definition) is 5. The van der Waals surface area contributed by atoms with E-state index in [1.54, 1.807) is 0 Å². The molecule has 0 bridgehead atoms. The predicted molar refractivity (Wildman–Crippen MR) is 82.1 cm³/mol. The Morgan fingerprint density at radius 3 is 2.77 bits per heavy atom. The van der Waals surface area contributed by atoms with Crippen LogP contribution in [0.5, 0.6) is 0 Å². The molecule has 0 saturated carbocycles. The first-order valence-electron chi connectivity index (χ1n) is 7.65. The molecule has 1 aromatic heterocycles. The van der Waals surface area contributed by atoms with Gasteiger partial charge in [0.1, 0.15) is 5.82 Å². The Balaban J connectivity index is 1.94. The molecule has 1 saturated heterocycles. The van der Waals surface area contributed by atoms with Crippen LogP contribution in [-0.2, 0) is 16.0 Å². The second kappa shape index (κ2) is 7.84. The van der Waals surface area contributed by atoms with Crippen molar-refractivity contribution in [2.45, 2.75) is 38.5 Å².